The summed E-state index contributed by atoms with van der Waals surface area (Å²) in [5.41, 5.74) is 1.85. The highest BCUT2D eigenvalue weighted by Crippen LogP contribution is 2.33. The molecule has 5 heterocycles. The topological polar surface area (TPSA) is 150 Å². The second kappa shape index (κ2) is 13.0. The number of carbonyl (C=O) groups excluding carboxylic acids is 2. The van der Waals surface area contributed by atoms with Crippen LogP contribution in [0, 0.1) is 3.70 Å². The summed E-state index contributed by atoms with van der Waals surface area (Å²) in [6, 6.07) is 3.23. The summed E-state index contributed by atoms with van der Waals surface area (Å²) in [6.07, 6.45) is 2.23. The molecule has 0 aliphatic heterocycles. The minimum absolute atomic E-state index is 0.184. The van der Waals surface area contributed by atoms with Crippen molar-refractivity contribution in [2.75, 3.05) is 14.2 Å². The Bertz CT molecular complexity index is 1910. The first-order valence-electron chi connectivity index (χ1n) is 13.3. The molecule has 0 saturated heterocycles. The Labute approximate surface area is 282 Å². The first kappa shape index (κ1) is 34.2. The van der Waals surface area contributed by atoms with Crippen LogP contribution in [0.25, 0.3) is 33.3 Å². The fourth-order valence-electron chi connectivity index (χ4n) is 3.88. The summed E-state index contributed by atoms with van der Waals surface area (Å²) in [4.78, 5) is 33.2. The Morgan fingerprint density at radius 1 is 0.800 bits per heavy atom. The summed E-state index contributed by atoms with van der Waals surface area (Å²) >= 11 is 14.1. The van der Waals surface area contributed by atoms with Crippen LogP contribution in [0.15, 0.2) is 24.5 Å². The van der Waals surface area contributed by atoms with E-state index in [1.165, 1.54) is 14.2 Å². The summed E-state index contributed by atoms with van der Waals surface area (Å²) in [5.74, 6) is 0.719. The van der Waals surface area contributed by atoms with Gasteiger partial charge in [0, 0.05) is 30.9 Å². The van der Waals surface area contributed by atoms with Crippen molar-refractivity contribution in [3.05, 3.63) is 38.5 Å². The minimum Gasteiger partial charge on any atom is -0.493 e. The molecule has 0 atom stereocenters. The molecule has 0 aliphatic carbocycles. The van der Waals surface area contributed by atoms with Gasteiger partial charge in [0.1, 0.15) is 42.7 Å². The third-order valence-electron chi connectivity index (χ3n) is 5.66. The molecule has 0 radical (unpaired) electrons. The fraction of sp³-hybridized carbons (Fsp3) is 0.393. The van der Waals surface area contributed by atoms with Gasteiger partial charge >= 0.3 is 12.2 Å². The van der Waals surface area contributed by atoms with Gasteiger partial charge in [-0.2, -0.15) is 24.7 Å². The van der Waals surface area contributed by atoms with Gasteiger partial charge in [0.2, 0.25) is 0 Å². The highest BCUT2D eigenvalue weighted by molar-refractivity contribution is 14.1. The highest BCUT2D eigenvalue weighted by Gasteiger charge is 2.26. The van der Waals surface area contributed by atoms with E-state index in [0.717, 1.165) is 9.36 Å². The normalized spacial score (nSPS) is 11.7. The summed E-state index contributed by atoms with van der Waals surface area (Å²) < 4.78 is 25.6. The second-order valence-corrected chi connectivity index (χ2v) is 13.3. The van der Waals surface area contributed by atoms with E-state index in [1.807, 2.05) is 22.6 Å². The molecule has 5 aromatic rings. The molecule has 240 valence electrons. The summed E-state index contributed by atoms with van der Waals surface area (Å²) in [7, 11) is 4.75. The standard InChI is InChI=1S/C16H18ClN5O3.C12H13ClIN3O3/c1-16(2,3)25-15(23)22-10-6-11(24-5)14(17)19-13(10)12(20-22)9-7-18-21(4)8-9;1-12(2,3)20-11(18)17-6-5-7(19-4)9(13)15-8(6)10(14)16-17/h6-8H,1-5H3;5H,1-4H3. The zero-order chi connectivity index (χ0) is 33.4. The smallest absolute Gasteiger partial charge is 0.435 e. The molecule has 0 aromatic carbocycles. The van der Waals surface area contributed by atoms with Crippen molar-refractivity contribution in [1.82, 2.24) is 39.3 Å². The van der Waals surface area contributed by atoms with E-state index in [1.54, 1.807) is 77.8 Å². The molecule has 0 amide bonds. The van der Waals surface area contributed by atoms with E-state index >= 15 is 0 Å². The number of methoxy groups -OCH3 is 2. The van der Waals surface area contributed by atoms with Gasteiger partial charge < -0.3 is 18.9 Å². The largest absolute Gasteiger partial charge is 0.493 e. The van der Waals surface area contributed by atoms with Crippen molar-refractivity contribution < 1.29 is 28.5 Å². The van der Waals surface area contributed by atoms with Gasteiger partial charge in [0.25, 0.3) is 0 Å². The highest BCUT2D eigenvalue weighted by atomic mass is 127. The van der Waals surface area contributed by atoms with Crippen molar-refractivity contribution in [3.8, 4) is 22.8 Å². The van der Waals surface area contributed by atoms with Gasteiger partial charge in [0.15, 0.2) is 21.8 Å². The first-order chi connectivity index (χ1) is 20.9. The van der Waals surface area contributed by atoms with Crippen LogP contribution in [-0.2, 0) is 16.5 Å². The Balaban J connectivity index is 0.000000210. The van der Waals surface area contributed by atoms with Crippen LogP contribution in [0.4, 0.5) is 9.59 Å². The lowest BCUT2D eigenvalue weighted by Crippen LogP contribution is -2.27. The van der Waals surface area contributed by atoms with Gasteiger partial charge in [0.05, 0.1) is 20.4 Å². The van der Waals surface area contributed by atoms with Gasteiger partial charge in [-0.3, -0.25) is 4.68 Å². The maximum atomic E-state index is 12.6. The van der Waals surface area contributed by atoms with Crippen LogP contribution in [0.2, 0.25) is 10.3 Å². The molecule has 5 aromatic heterocycles. The lowest BCUT2D eigenvalue weighted by Gasteiger charge is -2.19. The third kappa shape index (κ3) is 7.76. The maximum Gasteiger partial charge on any atom is 0.435 e. The van der Waals surface area contributed by atoms with Gasteiger partial charge in [-0.1, -0.05) is 23.2 Å². The number of halogens is 3. The predicted molar refractivity (Wildman–Crippen MR) is 176 cm³/mol. The number of nitrogens with zero attached hydrogens (tertiary/aromatic N) is 8. The number of pyridine rings is 2. The number of aryl methyl sites for hydroxylation is 1. The van der Waals surface area contributed by atoms with Crippen molar-refractivity contribution in [3.63, 3.8) is 0 Å². The van der Waals surface area contributed by atoms with E-state index < -0.39 is 23.4 Å². The van der Waals surface area contributed by atoms with E-state index in [4.69, 9.17) is 42.1 Å². The molecular weight excluding hydrogens is 742 g/mol. The quantitative estimate of drug-likeness (QED) is 0.141. The lowest BCUT2D eigenvalue weighted by atomic mass is 10.2. The molecule has 0 unspecified atom stereocenters. The number of carbonyl (C=O) groups is 2. The molecule has 0 fully saturated rings. The zero-order valence-electron chi connectivity index (χ0n) is 26.0. The molecule has 0 N–H and O–H groups in total. The van der Waals surface area contributed by atoms with Crippen molar-refractivity contribution >= 4 is 80.0 Å². The van der Waals surface area contributed by atoms with Crippen LogP contribution in [0.5, 0.6) is 11.5 Å². The first-order valence-corrected chi connectivity index (χ1v) is 15.1. The second-order valence-electron chi connectivity index (χ2n) is 11.5. The average molecular weight is 773 g/mol. The Kier molecular flexibility index (Phi) is 9.84. The number of hydrogen-bond acceptors (Lipinski definition) is 11. The average Bonchev–Trinajstić information content (AvgIpc) is 3.61. The lowest BCUT2D eigenvalue weighted by molar-refractivity contribution is 0.0511. The number of ether oxygens (including phenoxy) is 4. The van der Waals surface area contributed by atoms with Crippen molar-refractivity contribution in [2.24, 2.45) is 7.05 Å². The van der Waals surface area contributed by atoms with Gasteiger partial charge in [-0.15, -0.1) is 0 Å². The molecule has 5 rings (SSSR count). The van der Waals surface area contributed by atoms with E-state index in [9.17, 15) is 9.59 Å². The van der Waals surface area contributed by atoms with Crippen molar-refractivity contribution in [2.45, 2.75) is 52.7 Å². The minimum atomic E-state index is -0.659. The Morgan fingerprint density at radius 2 is 1.27 bits per heavy atom. The van der Waals surface area contributed by atoms with Crippen LogP contribution in [0.1, 0.15) is 41.5 Å². The SMILES string of the molecule is COc1cc2c(nc1Cl)c(-c1cnn(C)c1)nn2C(=O)OC(C)(C)C.COc1cc2c(nc1Cl)c(I)nn2C(=O)OC(C)(C)C. The number of fused-ring (bicyclic) bond motifs is 2. The van der Waals surface area contributed by atoms with Crippen LogP contribution >= 0.6 is 45.8 Å². The number of aromatic nitrogens is 8. The zero-order valence-corrected chi connectivity index (χ0v) is 29.6. The molecule has 0 bridgehead atoms. The van der Waals surface area contributed by atoms with Crippen LogP contribution < -0.4 is 9.47 Å². The van der Waals surface area contributed by atoms with E-state index in [2.05, 4.69) is 25.3 Å². The summed E-state index contributed by atoms with van der Waals surface area (Å²) in [6.45, 7) is 10.7. The molecule has 0 aliphatic rings. The number of hydrogen-bond donors (Lipinski definition) is 0. The molecule has 45 heavy (non-hydrogen) atoms. The third-order valence-corrected chi connectivity index (χ3v) is 6.93. The molecule has 17 heteroatoms. The Morgan fingerprint density at radius 3 is 1.71 bits per heavy atom. The van der Waals surface area contributed by atoms with Crippen molar-refractivity contribution in [1.29, 1.82) is 0 Å². The van der Waals surface area contributed by atoms with E-state index in [-0.39, 0.29) is 10.3 Å². The molecule has 0 saturated carbocycles. The van der Waals surface area contributed by atoms with Crippen LogP contribution in [0.3, 0.4) is 0 Å². The van der Waals surface area contributed by atoms with Crippen LogP contribution in [-0.4, -0.2) is 76.9 Å². The molecule has 14 nitrogen and oxygen atoms in total. The molecular formula is C28H31Cl2IN8O6. The molecule has 0 spiro atoms. The van der Waals surface area contributed by atoms with Gasteiger partial charge in [-0.25, -0.2) is 19.6 Å². The number of rotatable bonds is 3. The fourth-order valence-corrected chi connectivity index (χ4v) is 4.92. The predicted octanol–water partition coefficient (Wildman–Crippen LogP) is 6.76. The van der Waals surface area contributed by atoms with Gasteiger partial charge in [-0.05, 0) is 64.1 Å². The monoisotopic (exact) mass is 772 g/mol. The summed E-state index contributed by atoms with van der Waals surface area (Å²) in [5, 5.41) is 13.1. The van der Waals surface area contributed by atoms with E-state index in [0.29, 0.717) is 48.5 Å². The maximum absolute atomic E-state index is 12.6. The Hall–Kier alpha value is -3.70.